The van der Waals surface area contributed by atoms with Crippen molar-refractivity contribution in [3.63, 3.8) is 0 Å². The zero-order valence-electron chi connectivity index (χ0n) is 8.67. The van der Waals surface area contributed by atoms with Crippen LogP contribution in [0.3, 0.4) is 0 Å². The van der Waals surface area contributed by atoms with E-state index < -0.39 is 0 Å². The quantitative estimate of drug-likeness (QED) is 0.682. The fraction of sp³-hybridized carbons (Fsp3) is 0.333. The van der Waals surface area contributed by atoms with Crippen LogP contribution in [0.15, 0.2) is 24.8 Å². The minimum Gasteiger partial charge on any atom is -0.377 e. The molecule has 1 nitrogen and oxygen atoms in total. The number of benzene rings is 1. The molecule has 1 aromatic carbocycles. The molecule has 0 saturated carbocycles. The summed E-state index contributed by atoms with van der Waals surface area (Å²) in [6.07, 6.45) is 2.97. The molecule has 1 aromatic rings. The van der Waals surface area contributed by atoms with Crippen molar-refractivity contribution in [3.05, 3.63) is 35.9 Å². The molecule has 0 saturated heterocycles. The van der Waals surface area contributed by atoms with E-state index in [1.165, 1.54) is 16.8 Å². The van der Waals surface area contributed by atoms with Gasteiger partial charge in [0, 0.05) is 19.8 Å². The fourth-order valence-corrected chi connectivity index (χ4v) is 1.59. The van der Waals surface area contributed by atoms with Gasteiger partial charge in [0.2, 0.25) is 0 Å². The van der Waals surface area contributed by atoms with Gasteiger partial charge in [-0.1, -0.05) is 31.7 Å². The van der Waals surface area contributed by atoms with Crippen molar-refractivity contribution in [1.82, 2.24) is 0 Å². The van der Waals surface area contributed by atoms with Crippen molar-refractivity contribution in [2.24, 2.45) is 0 Å². The molecule has 0 heterocycles. The van der Waals surface area contributed by atoms with Crippen LogP contribution >= 0.6 is 0 Å². The molecule has 0 aliphatic carbocycles. The Morgan fingerprint density at radius 1 is 1.38 bits per heavy atom. The van der Waals surface area contributed by atoms with Gasteiger partial charge in [-0.25, -0.2) is 0 Å². The summed E-state index contributed by atoms with van der Waals surface area (Å²) in [7, 11) is 4.14. The molecule has 0 spiro atoms. The smallest absolute Gasteiger partial charge is 0.0399 e. The lowest BCUT2D eigenvalue weighted by atomic mass is 10.0. The molecule has 0 bridgehead atoms. The standard InChI is InChI=1S/C12H17N/c1-5-10-8-7-9-12(13(3)4)11(10)6-2/h5,7-9H,1,6H2,2-4H3. The molecular weight excluding hydrogens is 158 g/mol. The summed E-state index contributed by atoms with van der Waals surface area (Å²) in [5.41, 5.74) is 3.91. The molecule has 70 valence electrons. The lowest BCUT2D eigenvalue weighted by molar-refractivity contribution is 1.06. The van der Waals surface area contributed by atoms with Crippen LogP contribution in [0.1, 0.15) is 18.1 Å². The summed E-state index contributed by atoms with van der Waals surface area (Å²) in [4.78, 5) is 2.14. The molecule has 0 amide bonds. The third-order valence-corrected chi connectivity index (χ3v) is 2.24. The summed E-state index contributed by atoms with van der Waals surface area (Å²) >= 11 is 0. The Hall–Kier alpha value is -1.24. The summed E-state index contributed by atoms with van der Waals surface area (Å²) in [5, 5.41) is 0. The fourth-order valence-electron chi connectivity index (χ4n) is 1.59. The second kappa shape index (κ2) is 4.13. The Kier molecular flexibility index (Phi) is 3.13. The van der Waals surface area contributed by atoms with Gasteiger partial charge < -0.3 is 4.90 Å². The molecule has 0 atom stereocenters. The molecule has 0 aromatic heterocycles. The van der Waals surface area contributed by atoms with Crippen LogP contribution in [-0.2, 0) is 6.42 Å². The van der Waals surface area contributed by atoms with Crippen molar-refractivity contribution in [2.45, 2.75) is 13.3 Å². The van der Waals surface area contributed by atoms with E-state index in [-0.39, 0.29) is 0 Å². The minimum atomic E-state index is 1.05. The summed E-state index contributed by atoms with van der Waals surface area (Å²) < 4.78 is 0. The number of nitrogens with zero attached hydrogens (tertiary/aromatic N) is 1. The second-order valence-corrected chi connectivity index (χ2v) is 3.30. The van der Waals surface area contributed by atoms with Crippen LogP contribution < -0.4 is 4.90 Å². The van der Waals surface area contributed by atoms with Gasteiger partial charge in [0.25, 0.3) is 0 Å². The number of anilines is 1. The topological polar surface area (TPSA) is 3.24 Å². The van der Waals surface area contributed by atoms with Crippen LogP contribution in [-0.4, -0.2) is 14.1 Å². The van der Waals surface area contributed by atoms with E-state index in [4.69, 9.17) is 0 Å². The molecule has 0 aliphatic heterocycles. The molecular formula is C12H17N. The third kappa shape index (κ3) is 1.92. The maximum atomic E-state index is 3.82. The first-order valence-corrected chi connectivity index (χ1v) is 4.62. The van der Waals surface area contributed by atoms with E-state index >= 15 is 0 Å². The van der Waals surface area contributed by atoms with Gasteiger partial charge in [-0.2, -0.15) is 0 Å². The predicted molar refractivity (Wildman–Crippen MR) is 60.2 cm³/mol. The summed E-state index contributed by atoms with van der Waals surface area (Å²) in [6.45, 7) is 6.00. The van der Waals surface area contributed by atoms with Crippen LogP contribution in [0.2, 0.25) is 0 Å². The highest BCUT2D eigenvalue weighted by Gasteiger charge is 2.04. The first-order chi connectivity index (χ1) is 6.20. The SMILES string of the molecule is C=Cc1cccc(N(C)C)c1CC. The van der Waals surface area contributed by atoms with E-state index in [0.29, 0.717) is 0 Å². The van der Waals surface area contributed by atoms with E-state index in [9.17, 15) is 0 Å². The Balaban J connectivity index is 3.26. The maximum Gasteiger partial charge on any atom is 0.0399 e. The van der Waals surface area contributed by atoms with E-state index in [0.717, 1.165) is 6.42 Å². The van der Waals surface area contributed by atoms with Crippen molar-refractivity contribution in [1.29, 1.82) is 0 Å². The largest absolute Gasteiger partial charge is 0.377 e. The molecule has 13 heavy (non-hydrogen) atoms. The van der Waals surface area contributed by atoms with Crippen molar-refractivity contribution < 1.29 is 0 Å². The average Bonchev–Trinajstić information content (AvgIpc) is 2.16. The molecule has 1 heteroatoms. The van der Waals surface area contributed by atoms with Gasteiger partial charge in [-0.15, -0.1) is 0 Å². The van der Waals surface area contributed by atoms with E-state index in [2.05, 4.69) is 50.7 Å². The lowest BCUT2D eigenvalue weighted by Gasteiger charge is -2.18. The average molecular weight is 175 g/mol. The van der Waals surface area contributed by atoms with Gasteiger partial charge in [0.05, 0.1) is 0 Å². The maximum absolute atomic E-state index is 3.82. The monoisotopic (exact) mass is 175 g/mol. The Labute approximate surface area is 80.7 Å². The molecule has 0 N–H and O–H groups in total. The molecule has 0 unspecified atom stereocenters. The van der Waals surface area contributed by atoms with Crippen LogP contribution in [0.25, 0.3) is 6.08 Å². The van der Waals surface area contributed by atoms with Gasteiger partial charge in [0.15, 0.2) is 0 Å². The van der Waals surface area contributed by atoms with E-state index in [1.807, 2.05) is 6.08 Å². The van der Waals surface area contributed by atoms with Crippen LogP contribution in [0.5, 0.6) is 0 Å². The molecule has 0 radical (unpaired) electrons. The van der Waals surface area contributed by atoms with Gasteiger partial charge >= 0.3 is 0 Å². The highest BCUT2D eigenvalue weighted by molar-refractivity contribution is 5.64. The lowest BCUT2D eigenvalue weighted by Crippen LogP contribution is -2.11. The van der Waals surface area contributed by atoms with Gasteiger partial charge in [0.1, 0.15) is 0 Å². The zero-order valence-corrected chi connectivity index (χ0v) is 8.67. The number of hydrogen-bond donors (Lipinski definition) is 0. The van der Waals surface area contributed by atoms with E-state index in [1.54, 1.807) is 0 Å². The number of hydrogen-bond acceptors (Lipinski definition) is 1. The predicted octanol–water partition coefficient (Wildman–Crippen LogP) is 2.96. The van der Waals surface area contributed by atoms with Crippen molar-refractivity contribution in [3.8, 4) is 0 Å². The van der Waals surface area contributed by atoms with Gasteiger partial charge in [-0.05, 0) is 23.6 Å². The summed E-state index contributed by atoms with van der Waals surface area (Å²) in [5.74, 6) is 0. The minimum absolute atomic E-state index is 1.05. The Bertz CT molecular complexity index is 300. The first kappa shape index (κ1) is 9.85. The normalized spacial score (nSPS) is 9.77. The molecule has 0 aliphatic rings. The van der Waals surface area contributed by atoms with Gasteiger partial charge in [-0.3, -0.25) is 0 Å². The Morgan fingerprint density at radius 2 is 2.08 bits per heavy atom. The first-order valence-electron chi connectivity index (χ1n) is 4.62. The third-order valence-electron chi connectivity index (χ3n) is 2.24. The Morgan fingerprint density at radius 3 is 2.54 bits per heavy atom. The molecule has 0 fully saturated rings. The zero-order chi connectivity index (χ0) is 9.84. The second-order valence-electron chi connectivity index (χ2n) is 3.30. The van der Waals surface area contributed by atoms with Crippen LogP contribution in [0.4, 0.5) is 5.69 Å². The van der Waals surface area contributed by atoms with Crippen molar-refractivity contribution >= 4 is 11.8 Å². The molecule has 1 rings (SSSR count). The highest BCUT2D eigenvalue weighted by atomic mass is 15.1. The summed E-state index contributed by atoms with van der Waals surface area (Å²) in [6, 6.07) is 6.33. The van der Waals surface area contributed by atoms with Crippen molar-refractivity contribution in [2.75, 3.05) is 19.0 Å². The highest BCUT2D eigenvalue weighted by Crippen LogP contribution is 2.23. The number of rotatable bonds is 3. The van der Waals surface area contributed by atoms with Crippen LogP contribution in [0, 0.1) is 0 Å².